The Kier molecular flexibility index (Phi) is 10.7. The molecule has 4 nitrogen and oxygen atoms in total. The Morgan fingerprint density at radius 3 is 2.08 bits per heavy atom. The van der Waals surface area contributed by atoms with E-state index in [2.05, 4.69) is 140 Å². The fraction of sp³-hybridized carbons (Fsp3) is 0.314. The van der Waals surface area contributed by atoms with Crippen LogP contribution in [-0.4, -0.2) is 40.9 Å². The summed E-state index contributed by atoms with van der Waals surface area (Å²) in [5, 5.41) is 7.82. The van der Waals surface area contributed by atoms with Gasteiger partial charge in [-0.25, -0.2) is 0 Å². The molecule has 1 aliphatic carbocycles. The molecule has 3 aliphatic heterocycles. The van der Waals surface area contributed by atoms with E-state index in [4.69, 9.17) is 9.47 Å². The smallest absolute Gasteiger partial charge is 0.489 e. The zero-order valence-electron chi connectivity index (χ0n) is 34.8. The topological polar surface area (TPSA) is 26.4 Å². The van der Waals surface area contributed by atoms with Crippen LogP contribution in [0.15, 0.2) is 108 Å². The Bertz CT molecular complexity index is 2820. The Morgan fingerprint density at radius 2 is 1.38 bits per heavy atom. The van der Waals surface area contributed by atoms with Crippen molar-refractivity contribution < 1.29 is 31.3 Å². The minimum absolute atomic E-state index is 0.226. The van der Waals surface area contributed by atoms with Gasteiger partial charge in [-0.15, -0.1) is 0 Å². The molecular weight excluding hydrogens is 759 g/mol. The molecule has 0 radical (unpaired) electrons. The first-order valence-corrected chi connectivity index (χ1v) is 21.7. The fourth-order valence-electron chi connectivity index (χ4n) is 9.94. The third kappa shape index (κ3) is 7.34. The van der Waals surface area contributed by atoms with Gasteiger partial charge in [0.1, 0.15) is 30.3 Å². The van der Waals surface area contributed by atoms with Gasteiger partial charge in [0, 0.05) is 76.0 Å². The van der Waals surface area contributed by atoms with Crippen molar-refractivity contribution in [2.24, 2.45) is 0 Å². The number of allylic oxidation sites excluding steroid dienone is 6. The van der Waals surface area contributed by atoms with Crippen LogP contribution in [0.5, 0.6) is 11.5 Å². The molecule has 60 heavy (non-hydrogen) atoms. The van der Waals surface area contributed by atoms with Crippen LogP contribution in [0.4, 0.5) is 23.0 Å². The lowest BCUT2D eigenvalue weighted by atomic mass is 9.96. The average molecular weight is 811 g/mol. The molecule has 0 fully saturated rings. The largest absolute Gasteiger partial charge is 0.673 e. The molecule has 0 saturated heterocycles. The molecule has 308 valence electrons. The third-order valence-electron chi connectivity index (χ3n) is 12.4. The molecule has 0 spiro atoms. The summed E-state index contributed by atoms with van der Waals surface area (Å²) in [6, 6.07) is 29.5. The van der Waals surface area contributed by atoms with E-state index in [1.807, 2.05) is 0 Å². The SMILES string of the molecule is CCCCn1/c(=C/C=C2\CCC(/C=C/C3=[N+](CCCC)c4cc5c(c6cccc3c46)OC(C)C5)=C2c2ccccc2)c2cccc3c4c(cc1c32)CC(C)O4.F[B-](F)(F)F. The van der Waals surface area contributed by atoms with Gasteiger partial charge >= 0.3 is 7.25 Å². The van der Waals surface area contributed by atoms with Crippen molar-refractivity contribution in [1.29, 1.82) is 0 Å². The lowest BCUT2D eigenvalue weighted by Crippen LogP contribution is -2.16. The van der Waals surface area contributed by atoms with Crippen LogP contribution in [-0.2, 0) is 19.4 Å². The first-order chi connectivity index (χ1) is 29.0. The van der Waals surface area contributed by atoms with E-state index in [9.17, 15) is 17.3 Å². The van der Waals surface area contributed by atoms with Crippen LogP contribution in [0.3, 0.4) is 0 Å². The number of rotatable bonds is 10. The molecule has 0 amide bonds. The summed E-state index contributed by atoms with van der Waals surface area (Å²) in [6.07, 6.45) is 18.8. The van der Waals surface area contributed by atoms with E-state index in [0.29, 0.717) is 0 Å². The fourth-order valence-corrected chi connectivity index (χ4v) is 9.94. The maximum atomic E-state index is 9.75. The van der Waals surface area contributed by atoms with E-state index in [-0.39, 0.29) is 12.2 Å². The second kappa shape index (κ2) is 16.1. The number of hydrogen-bond donors (Lipinski definition) is 0. The zero-order chi connectivity index (χ0) is 41.7. The van der Waals surface area contributed by atoms with Crippen LogP contribution in [0.2, 0.25) is 0 Å². The van der Waals surface area contributed by atoms with Gasteiger partial charge in [0.25, 0.3) is 0 Å². The Labute approximate surface area is 349 Å². The van der Waals surface area contributed by atoms with Gasteiger partial charge in [0.15, 0.2) is 0 Å². The van der Waals surface area contributed by atoms with Gasteiger partial charge < -0.3 is 31.3 Å². The molecule has 0 bridgehead atoms. The van der Waals surface area contributed by atoms with Crippen LogP contribution in [0.25, 0.3) is 44.1 Å². The van der Waals surface area contributed by atoms with Crippen molar-refractivity contribution in [3.63, 3.8) is 0 Å². The molecule has 9 heteroatoms. The highest BCUT2D eigenvalue weighted by atomic mass is 19.5. The van der Waals surface area contributed by atoms with Crippen molar-refractivity contribution in [2.75, 3.05) is 6.54 Å². The van der Waals surface area contributed by atoms with Gasteiger partial charge in [-0.05, 0) is 73.6 Å². The molecule has 1 aromatic heterocycles. The number of benzene rings is 5. The molecule has 6 aromatic rings. The van der Waals surface area contributed by atoms with Gasteiger partial charge in [0.2, 0.25) is 11.4 Å². The summed E-state index contributed by atoms with van der Waals surface area (Å²) in [5.41, 5.74) is 13.5. The molecule has 10 rings (SSSR count). The maximum absolute atomic E-state index is 9.75. The Hall–Kier alpha value is -5.57. The van der Waals surface area contributed by atoms with Crippen molar-refractivity contribution in [2.45, 2.75) is 97.8 Å². The number of nitrogens with zero attached hydrogens (tertiary/aromatic N) is 2. The van der Waals surface area contributed by atoms with Crippen LogP contribution < -0.4 is 14.8 Å². The predicted octanol–water partition coefficient (Wildman–Crippen LogP) is 12.9. The number of aromatic nitrogens is 1. The minimum Gasteiger partial charge on any atom is -0.489 e. The second-order valence-corrected chi connectivity index (χ2v) is 16.7. The highest BCUT2D eigenvalue weighted by Gasteiger charge is 2.35. The highest BCUT2D eigenvalue weighted by Crippen LogP contribution is 2.46. The van der Waals surface area contributed by atoms with Crippen molar-refractivity contribution >= 4 is 62.8 Å². The number of aryl methyl sites for hydroxylation is 1. The molecule has 0 N–H and O–H groups in total. The first-order valence-electron chi connectivity index (χ1n) is 21.7. The normalized spacial score (nSPS) is 19.3. The van der Waals surface area contributed by atoms with E-state index in [1.165, 1.54) is 88.2 Å². The lowest BCUT2D eigenvalue weighted by Gasteiger charge is -2.09. The van der Waals surface area contributed by atoms with Crippen molar-refractivity contribution in [3.8, 4) is 11.5 Å². The molecule has 4 aliphatic rings. The van der Waals surface area contributed by atoms with E-state index >= 15 is 0 Å². The summed E-state index contributed by atoms with van der Waals surface area (Å²) in [6.45, 7) is 11.0. The molecular formula is C51H51BF4N2O2. The minimum atomic E-state index is -6.00. The lowest BCUT2D eigenvalue weighted by molar-refractivity contribution is -0.436. The van der Waals surface area contributed by atoms with Crippen LogP contribution in [0.1, 0.15) is 88.5 Å². The number of ether oxygens (including phenoxy) is 2. The summed E-state index contributed by atoms with van der Waals surface area (Å²) < 4.78 is 57.0. The monoisotopic (exact) mass is 810 g/mol. The standard InChI is InChI=1S/C51H51N2O2.BF4/c1-5-7-26-52-43(39-16-12-18-41-48(39)45(52)30-37-28-32(3)54-50(37)41)24-22-35-20-21-36(47(35)34-14-10-9-11-15-34)23-25-44-40-17-13-19-42-49(40)46(53(44)27-8-6-2)31-38-29-33(4)55-51(38)42;2-1(3,4)5/h9-19,22-25,30-33H,5-8,20-21,26-29H2,1-4H3;/q+1;-1. The number of unbranched alkanes of at least 4 members (excludes halogenated alkanes) is 2. The van der Waals surface area contributed by atoms with Gasteiger partial charge in [0.05, 0.1) is 16.5 Å². The van der Waals surface area contributed by atoms with Crippen LogP contribution in [0, 0.1) is 0 Å². The summed E-state index contributed by atoms with van der Waals surface area (Å²) in [4.78, 5) is 0. The maximum Gasteiger partial charge on any atom is 0.673 e. The molecule has 5 aromatic carbocycles. The van der Waals surface area contributed by atoms with Crippen LogP contribution >= 0.6 is 0 Å². The van der Waals surface area contributed by atoms with E-state index < -0.39 is 7.25 Å². The summed E-state index contributed by atoms with van der Waals surface area (Å²) in [7, 11) is -6.00. The first kappa shape index (κ1) is 39.9. The quantitative estimate of drug-likeness (QED) is 0.0783. The summed E-state index contributed by atoms with van der Waals surface area (Å²) in [5.74, 6) is 2.17. The number of hydrogen-bond acceptors (Lipinski definition) is 2. The number of halogens is 4. The van der Waals surface area contributed by atoms with Crippen molar-refractivity contribution in [3.05, 3.63) is 136 Å². The molecule has 4 heterocycles. The zero-order valence-corrected chi connectivity index (χ0v) is 34.8. The Balaban J connectivity index is 0.000000875. The Morgan fingerprint density at radius 1 is 0.733 bits per heavy atom. The number of fused-ring (bicyclic) bond motifs is 4. The highest BCUT2D eigenvalue weighted by molar-refractivity contribution is 6.50. The average Bonchev–Trinajstić information content (AvgIpc) is 4.04. The van der Waals surface area contributed by atoms with Crippen molar-refractivity contribution in [1.82, 2.24) is 4.57 Å². The molecule has 2 unspecified atom stereocenters. The van der Waals surface area contributed by atoms with Gasteiger partial charge in [-0.1, -0.05) is 99.5 Å². The predicted molar refractivity (Wildman–Crippen MR) is 239 cm³/mol. The second-order valence-electron chi connectivity index (χ2n) is 16.7. The van der Waals surface area contributed by atoms with E-state index in [0.717, 1.165) is 76.0 Å². The molecule has 0 saturated carbocycles. The molecule has 2 atom stereocenters. The van der Waals surface area contributed by atoms with Gasteiger partial charge in [-0.3, -0.25) is 0 Å². The summed E-state index contributed by atoms with van der Waals surface area (Å²) >= 11 is 0. The third-order valence-corrected chi connectivity index (χ3v) is 12.4. The van der Waals surface area contributed by atoms with Gasteiger partial charge in [-0.2, -0.15) is 4.58 Å². The van der Waals surface area contributed by atoms with E-state index in [1.54, 1.807) is 0 Å².